The first-order valence-electron chi connectivity index (χ1n) is 33.6. The fourth-order valence-corrected chi connectivity index (χ4v) is 16.9. The number of hydrogen-bond acceptors (Lipinski definition) is 16. The molecule has 5 aliphatic rings. The first kappa shape index (κ1) is 91.2. The van der Waals surface area contributed by atoms with Crippen LogP contribution in [0.4, 0.5) is 28.4 Å². The number of Topliss-reactive ketones (excluding diaryl/α,β-unsaturated/α-hetero) is 5. The quantitative estimate of drug-likeness (QED) is 0.0335. The van der Waals surface area contributed by atoms with Gasteiger partial charge in [0.2, 0.25) is 0 Å². The van der Waals surface area contributed by atoms with Gasteiger partial charge in [-0.2, -0.15) is 0 Å². The molecule has 5 unspecified atom stereocenters. The number of anilines is 5. The van der Waals surface area contributed by atoms with Crippen molar-refractivity contribution < 1.29 is 78.6 Å². The van der Waals surface area contributed by atoms with Crippen molar-refractivity contribution in [3.63, 3.8) is 0 Å². The molecule has 0 aromatic heterocycles. The van der Waals surface area contributed by atoms with E-state index in [2.05, 4.69) is 26.6 Å². The van der Waals surface area contributed by atoms with Crippen LogP contribution in [0.25, 0.3) is 0 Å². The van der Waals surface area contributed by atoms with Gasteiger partial charge in [-0.3, -0.25) is 47.9 Å². The Morgan fingerprint density at radius 1 is 0.254 bits per heavy atom. The molecule has 0 saturated carbocycles. The Labute approximate surface area is 753 Å². The van der Waals surface area contributed by atoms with Gasteiger partial charge < -0.3 is 57.2 Å². The number of hydrogen-bond donors (Lipinski definition) is 11. The van der Waals surface area contributed by atoms with E-state index in [0.717, 1.165) is 0 Å². The molecule has 0 bridgehead atoms. The van der Waals surface area contributed by atoms with Crippen molar-refractivity contribution in [2.75, 3.05) is 26.6 Å². The number of amides is 5. The predicted octanol–water partition coefficient (Wildman–Crippen LogP) is 21.3. The van der Waals surface area contributed by atoms with E-state index in [1.165, 1.54) is 127 Å². The Morgan fingerprint density at radius 3 is 0.881 bits per heavy atom. The van der Waals surface area contributed by atoms with Crippen LogP contribution in [-0.2, 0) is 52.0 Å². The van der Waals surface area contributed by atoms with Crippen LogP contribution in [0.2, 0.25) is 85.4 Å². The van der Waals surface area contributed by atoms with Crippen LogP contribution in [-0.4, -0.2) is 89.1 Å². The lowest BCUT2D eigenvalue weighted by atomic mass is 9.88. The maximum absolute atomic E-state index is 12.6. The number of fused-ring (bicyclic) bond motifs is 5. The molecule has 5 atom stereocenters. The normalized spacial score (nSPS) is 19.2. The number of rotatable bonds is 15. The summed E-state index contributed by atoms with van der Waals surface area (Å²) in [5.74, 6) is -6.27. The minimum Gasteiger partial charge on any atom is -0.508 e. The molecule has 0 aliphatic carbocycles. The van der Waals surface area contributed by atoms with E-state index in [-0.39, 0.29) is 160 Å². The van der Waals surface area contributed by atoms with E-state index >= 15 is 0 Å². The molecule has 5 amide bonds. The van der Waals surface area contributed by atoms with Crippen molar-refractivity contribution in [3.05, 3.63) is 305 Å². The average Bonchev–Trinajstić information content (AvgIpc) is 1.62. The highest BCUT2D eigenvalue weighted by molar-refractivity contribution is 6.50. The Morgan fingerprint density at radius 2 is 0.542 bits per heavy atom. The lowest BCUT2D eigenvalue weighted by Crippen LogP contribution is -2.36. The highest BCUT2D eigenvalue weighted by Gasteiger charge is 2.54. The number of nitrogens with one attached hydrogen (secondary N) is 5. The standard InChI is InChI=1S/C16H8Cl5NO3.C16H9Cl4NO3.2C16H10Cl3NO3.C16H11Cl2NO4/c17-7-3-4-9(19)14-11(7)16(25,15(24)22-14)5-10(23)6-1-2-8(18)13(21)12(6)20;17-8-2-1-7(5-11(8)20)12(22)6-16(24)13-9(18)3-4-10(19)14(13)21-15(16)23;17-9-3-1-2-8(6-9)12(21)7-16(23)13-10(18)4-5-11(19)14(13)20-15(16)22;17-9-4-2-1-3-8(9)12(21)7-16(23)13-10(18)5-6-11(19)14(13)20-15(16)22;17-10-5-6-11(18)14-13(10)16(23,15(22)19-14)7-12(21)8-1-3-9(20)4-2-8/h1-4,25H,5H2,(H,22,24);1-5,24H,6H2,(H,21,23);2*1-6,23H,7H2,(H,20,22);1-6,20,23H,7H2,(H,19,22). The van der Waals surface area contributed by atoms with E-state index in [4.69, 9.17) is 197 Å². The number of aromatic hydroxyl groups is 1. The summed E-state index contributed by atoms with van der Waals surface area (Å²) >= 11 is 102. The Hall–Kier alpha value is -7.57. The molecule has 5 heterocycles. The van der Waals surface area contributed by atoms with Crippen molar-refractivity contribution in [1.82, 2.24) is 0 Å². The third-order valence-electron chi connectivity index (χ3n) is 18.8. The second-order valence-corrected chi connectivity index (χ2v) is 33.2. The summed E-state index contributed by atoms with van der Waals surface area (Å²) in [4.78, 5) is 124. The number of carbonyl (C=O) groups excluding carboxylic acids is 10. The van der Waals surface area contributed by atoms with E-state index in [0.29, 0.717) is 15.6 Å². The lowest BCUT2D eigenvalue weighted by Gasteiger charge is -2.21. The van der Waals surface area contributed by atoms with Crippen LogP contribution < -0.4 is 26.6 Å². The highest BCUT2D eigenvalue weighted by atomic mass is 35.5. The van der Waals surface area contributed by atoms with Crippen molar-refractivity contribution in [3.8, 4) is 5.75 Å². The summed E-state index contributed by atoms with van der Waals surface area (Å²) < 4.78 is 0. The lowest BCUT2D eigenvalue weighted by molar-refractivity contribution is -0.133. The van der Waals surface area contributed by atoms with Crippen molar-refractivity contribution in [2.45, 2.75) is 60.1 Å². The highest BCUT2D eigenvalue weighted by Crippen LogP contribution is 2.53. The van der Waals surface area contributed by atoms with Crippen LogP contribution >= 0.6 is 197 Å². The van der Waals surface area contributed by atoms with Gasteiger partial charge in [0, 0.05) is 85.8 Å². The fraction of sp³-hybridized carbons (Fsp3) is 0.125. The molecule has 0 saturated heterocycles. The minimum absolute atomic E-state index is 0.0125. The third kappa shape index (κ3) is 18.0. The predicted molar refractivity (Wildman–Crippen MR) is 459 cm³/mol. The van der Waals surface area contributed by atoms with Crippen LogP contribution in [0.15, 0.2) is 164 Å². The van der Waals surface area contributed by atoms with Gasteiger partial charge in [0.25, 0.3) is 29.5 Å². The minimum atomic E-state index is -2.18. The van der Waals surface area contributed by atoms with Gasteiger partial charge in [-0.05, 0) is 140 Å². The number of aliphatic hydroxyl groups is 5. The zero-order valence-corrected chi connectivity index (χ0v) is 71.7. The van der Waals surface area contributed by atoms with E-state index in [1.807, 2.05) is 0 Å². The Balaban J connectivity index is 0.000000145. The Bertz CT molecular complexity index is 5960. The molecular weight excluding hydrogens is 1890 g/mol. The SMILES string of the molecule is O=C(CC1(O)C(=O)Nc2c(Cl)ccc(Cl)c21)c1ccc(Cl)c(Cl)c1.O=C(CC1(O)C(=O)Nc2c(Cl)ccc(Cl)c21)c1ccc(Cl)c(Cl)c1Cl.O=C(CC1(O)C(=O)Nc2c(Cl)ccc(Cl)c21)c1ccc(O)cc1.O=C(CC1(O)C(=O)Nc2c(Cl)ccc(Cl)c21)c1cccc(Cl)c1.O=C(CC1(O)C(=O)Nc2c(Cl)ccc(Cl)c21)c1ccccc1Cl. The second kappa shape index (κ2) is 36.2. The summed E-state index contributed by atoms with van der Waals surface area (Å²) in [5, 5.41) is 78.8. The van der Waals surface area contributed by atoms with Crippen LogP contribution in [0.5, 0.6) is 5.75 Å². The van der Waals surface area contributed by atoms with Gasteiger partial charge in [0.15, 0.2) is 56.9 Å². The third-order valence-corrected chi connectivity index (χ3v) is 24.6. The topological polar surface area (TPSA) is 352 Å². The molecule has 38 heteroatoms. The number of phenolic OH excluding ortho intramolecular Hbond substituents is 1. The van der Waals surface area contributed by atoms with Gasteiger partial charge in [0.05, 0.1) is 116 Å². The molecule has 0 radical (unpaired) electrons. The maximum atomic E-state index is 12.6. The zero-order chi connectivity index (χ0) is 86.5. The van der Waals surface area contributed by atoms with E-state index < -0.39 is 119 Å². The summed E-state index contributed by atoms with van der Waals surface area (Å²) in [6, 6.07) is 40.1. The van der Waals surface area contributed by atoms with Gasteiger partial charge >= 0.3 is 0 Å². The molecular formula is C80H48Cl17N5O16. The largest absolute Gasteiger partial charge is 0.508 e. The molecule has 118 heavy (non-hydrogen) atoms. The molecule has 608 valence electrons. The van der Waals surface area contributed by atoms with Crippen LogP contribution in [0.3, 0.4) is 0 Å². The molecule has 21 nitrogen and oxygen atoms in total. The molecule has 0 spiro atoms. The molecule has 0 fully saturated rings. The van der Waals surface area contributed by atoms with Crippen molar-refractivity contribution in [2.24, 2.45) is 0 Å². The number of ketones is 5. The van der Waals surface area contributed by atoms with E-state index in [9.17, 15) is 78.6 Å². The number of halogens is 17. The molecule has 11 N–H and O–H groups in total. The summed E-state index contributed by atoms with van der Waals surface area (Å²) in [7, 11) is 0. The monoisotopic (exact) mass is 1930 g/mol. The summed E-state index contributed by atoms with van der Waals surface area (Å²) in [5.41, 5.74) is -7.99. The zero-order valence-electron chi connectivity index (χ0n) is 58.8. The fourth-order valence-electron chi connectivity index (χ4n) is 13.0. The molecule has 15 rings (SSSR count). The van der Waals surface area contributed by atoms with Crippen LogP contribution in [0, 0.1) is 0 Å². The van der Waals surface area contributed by atoms with Gasteiger partial charge in [-0.25, -0.2) is 0 Å². The maximum Gasteiger partial charge on any atom is 0.261 e. The first-order chi connectivity index (χ1) is 55.4. The number of benzene rings is 10. The van der Waals surface area contributed by atoms with Gasteiger partial charge in [-0.1, -0.05) is 221 Å². The summed E-state index contributed by atoms with van der Waals surface area (Å²) in [6.45, 7) is 0. The molecule has 10 aromatic carbocycles. The van der Waals surface area contributed by atoms with Gasteiger partial charge in [0.1, 0.15) is 5.75 Å². The van der Waals surface area contributed by atoms with Gasteiger partial charge in [-0.15, -0.1) is 0 Å². The molecule has 5 aliphatic heterocycles. The number of carbonyl (C=O) groups is 10. The molecule has 10 aromatic rings. The first-order valence-corrected chi connectivity index (χ1v) is 40.0. The van der Waals surface area contributed by atoms with Crippen molar-refractivity contribution >= 4 is 284 Å². The second-order valence-electron chi connectivity index (χ2n) is 26.4. The van der Waals surface area contributed by atoms with E-state index in [1.54, 1.807) is 36.4 Å². The number of phenols is 1. The summed E-state index contributed by atoms with van der Waals surface area (Å²) in [6.07, 6.45) is -2.55. The van der Waals surface area contributed by atoms with Crippen LogP contribution in [0.1, 0.15) is 112 Å². The smallest absolute Gasteiger partial charge is 0.261 e. The Kier molecular flexibility index (Phi) is 28.0. The van der Waals surface area contributed by atoms with Crippen molar-refractivity contribution in [1.29, 1.82) is 0 Å². The average molecular weight is 1940 g/mol.